The summed E-state index contributed by atoms with van der Waals surface area (Å²) in [5.74, 6) is -1.31. The van der Waals surface area contributed by atoms with E-state index in [-0.39, 0.29) is 23.8 Å². The molecule has 5 atom stereocenters. The Balaban J connectivity index is 1.26. The lowest BCUT2D eigenvalue weighted by atomic mass is 9.74. The van der Waals surface area contributed by atoms with Crippen molar-refractivity contribution in [3.05, 3.63) is 48.1 Å². The molecule has 6 rings (SSSR count). The van der Waals surface area contributed by atoms with Crippen molar-refractivity contribution in [3.8, 4) is 5.75 Å². The number of allylic oxidation sites excluding steroid dienone is 1. The van der Waals surface area contributed by atoms with Gasteiger partial charge in [0, 0.05) is 18.3 Å². The van der Waals surface area contributed by atoms with Gasteiger partial charge < -0.3 is 25.0 Å². The second-order valence-corrected chi connectivity index (χ2v) is 11.7. The molecular formula is C31H39N3O5. The van der Waals surface area contributed by atoms with Gasteiger partial charge in [-0.05, 0) is 69.2 Å². The third-order valence-electron chi connectivity index (χ3n) is 9.29. The number of likely N-dealkylation sites (tertiary alicyclic amines) is 1. The molecule has 0 radical (unpaired) electrons. The molecule has 3 unspecified atom stereocenters. The van der Waals surface area contributed by atoms with Gasteiger partial charge in [-0.2, -0.15) is 0 Å². The van der Waals surface area contributed by atoms with E-state index in [1.165, 1.54) is 24.8 Å². The highest BCUT2D eigenvalue weighted by Crippen LogP contribution is 2.55. The normalized spacial score (nSPS) is 31.7. The van der Waals surface area contributed by atoms with Gasteiger partial charge in [-0.25, -0.2) is 0 Å². The first kappa shape index (κ1) is 26.1. The molecule has 8 heteroatoms. The molecule has 2 aliphatic carbocycles. The number of methoxy groups -OCH3 is 1. The van der Waals surface area contributed by atoms with Crippen molar-refractivity contribution in [2.45, 2.75) is 88.0 Å². The predicted molar refractivity (Wildman–Crippen MR) is 147 cm³/mol. The van der Waals surface area contributed by atoms with Gasteiger partial charge in [-0.1, -0.05) is 43.1 Å². The summed E-state index contributed by atoms with van der Waals surface area (Å²) in [7, 11) is 1.59. The number of rotatable bonds is 8. The van der Waals surface area contributed by atoms with Crippen LogP contribution in [-0.2, 0) is 19.1 Å². The number of hydrogen-bond donors (Lipinski definition) is 2. The maximum absolute atomic E-state index is 14.1. The maximum Gasteiger partial charge on any atom is 0.246 e. The SMILES string of the molecule is COc1ccc(NC(=O)C2[C@@H]3C=CC4(O3)C(C(=O)NC3CCCCC3)N(CCC3=CCCCC3)C(=O)[C@H]24)cc1. The fourth-order valence-corrected chi connectivity index (χ4v) is 7.33. The topological polar surface area (TPSA) is 97.0 Å². The molecule has 39 heavy (non-hydrogen) atoms. The summed E-state index contributed by atoms with van der Waals surface area (Å²) in [6.07, 6.45) is 16.1. The Bertz CT molecular complexity index is 1170. The summed E-state index contributed by atoms with van der Waals surface area (Å²) in [5, 5.41) is 6.23. The zero-order chi connectivity index (χ0) is 27.0. The highest BCUT2D eigenvalue weighted by Gasteiger charge is 2.72. The second kappa shape index (κ2) is 10.8. The number of anilines is 1. The lowest BCUT2D eigenvalue weighted by molar-refractivity contribution is -0.141. The Hall–Kier alpha value is -3.13. The molecule has 1 saturated carbocycles. The lowest BCUT2D eigenvalue weighted by Crippen LogP contribution is -2.56. The van der Waals surface area contributed by atoms with Gasteiger partial charge in [0.2, 0.25) is 17.7 Å². The molecule has 0 aromatic heterocycles. The smallest absolute Gasteiger partial charge is 0.246 e. The third kappa shape index (κ3) is 4.77. The first-order chi connectivity index (χ1) is 19.0. The Morgan fingerprint density at radius 2 is 1.87 bits per heavy atom. The van der Waals surface area contributed by atoms with Crippen molar-refractivity contribution < 1.29 is 23.9 Å². The van der Waals surface area contributed by atoms with E-state index in [1.54, 1.807) is 36.3 Å². The molecule has 1 spiro atoms. The molecule has 208 valence electrons. The van der Waals surface area contributed by atoms with Crippen molar-refractivity contribution >= 4 is 23.4 Å². The number of amides is 3. The molecule has 3 amide bonds. The van der Waals surface area contributed by atoms with Gasteiger partial charge in [0.05, 0.1) is 25.0 Å². The standard InChI is InChI=1S/C31H39N3O5/c1-38-23-14-12-22(13-15-23)32-28(35)25-24-16-18-31(39-24)26(25)30(37)34(19-17-20-8-4-2-5-9-20)27(31)29(36)33-21-10-6-3-7-11-21/h8,12-16,18,21,24-27H,2-7,9-11,17,19H2,1H3,(H,32,35)(H,33,36)/t24-,25?,26-,27?,31?/m0/s1. The van der Waals surface area contributed by atoms with Crippen LogP contribution in [0.1, 0.15) is 64.2 Å². The highest BCUT2D eigenvalue weighted by molar-refractivity contribution is 6.02. The summed E-state index contributed by atoms with van der Waals surface area (Å²) < 4.78 is 11.7. The number of fused-ring (bicyclic) bond motifs is 1. The van der Waals surface area contributed by atoms with Crippen molar-refractivity contribution in [1.82, 2.24) is 10.2 Å². The third-order valence-corrected chi connectivity index (χ3v) is 9.29. The van der Waals surface area contributed by atoms with Crippen molar-refractivity contribution in [3.63, 3.8) is 0 Å². The fourth-order valence-electron chi connectivity index (χ4n) is 7.33. The molecule has 2 bridgehead atoms. The van der Waals surface area contributed by atoms with E-state index >= 15 is 0 Å². The van der Waals surface area contributed by atoms with Crippen LogP contribution >= 0.6 is 0 Å². The average molecular weight is 534 g/mol. The average Bonchev–Trinajstić information content (AvgIpc) is 3.60. The number of ether oxygens (including phenoxy) is 2. The van der Waals surface area contributed by atoms with E-state index in [2.05, 4.69) is 16.7 Å². The molecule has 1 aromatic rings. The van der Waals surface area contributed by atoms with Crippen molar-refractivity contribution in [1.29, 1.82) is 0 Å². The molecule has 2 N–H and O–H groups in total. The van der Waals surface area contributed by atoms with Gasteiger partial charge in [-0.3, -0.25) is 14.4 Å². The number of nitrogens with one attached hydrogen (secondary N) is 2. The van der Waals surface area contributed by atoms with Crippen molar-refractivity contribution in [2.24, 2.45) is 11.8 Å². The van der Waals surface area contributed by atoms with E-state index in [4.69, 9.17) is 9.47 Å². The zero-order valence-corrected chi connectivity index (χ0v) is 22.7. The van der Waals surface area contributed by atoms with Crippen LogP contribution in [0.2, 0.25) is 0 Å². The van der Waals surface area contributed by atoms with E-state index in [0.29, 0.717) is 18.0 Å². The number of carbonyl (C=O) groups is 3. The maximum atomic E-state index is 14.1. The Morgan fingerprint density at radius 3 is 2.59 bits per heavy atom. The van der Waals surface area contributed by atoms with E-state index in [1.807, 2.05) is 12.2 Å². The minimum absolute atomic E-state index is 0.122. The molecule has 3 aliphatic heterocycles. The van der Waals surface area contributed by atoms with Crippen LogP contribution in [0.4, 0.5) is 5.69 Å². The molecule has 2 saturated heterocycles. The monoisotopic (exact) mass is 533 g/mol. The zero-order valence-electron chi connectivity index (χ0n) is 22.7. The van der Waals surface area contributed by atoms with Gasteiger partial charge in [0.25, 0.3) is 0 Å². The minimum Gasteiger partial charge on any atom is -0.497 e. The summed E-state index contributed by atoms with van der Waals surface area (Å²) in [5.41, 5.74) is 0.855. The summed E-state index contributed by atoms with van der Waals surface area (Å²) in [6.45, 7) is 0.459. The first-order valence-electron chi connectivity index (χ1n) is 14.6. The lowest BCUT2D eigenvalue weighted by Gasteiger charge is -2.34. The van der Waals surface area contributed by atoms with Gasteiger partial charge in [0.1, 0.15) is 17.4 Å². The van der Waals surface area contributed by atoms with Gasteiger partial charge in [0.15, 0.2) is 0 Å². The minimum atomic E-state index is -1.12. The van der Waals surface area contributed by atoms with Crippen LogP contribution in [0.5, 0.6) is 5.75 Å². The van der Waals surface area contributed by atoms with Crippen LogP contribution in [0.25, 0.3) is 0 Å². The molecular weight excluding hydrogens is 494 g/mol. The van der Waals surface area contributed by atoms with Crippen LogP contribution in [0, 0.1) is 11.8 Å². The second-order valence-electron chi connectivity index (χ2n) is 11.7. The van der Waals surface area contributed by atoms with Crippen LogP contribution in [0.3, 0.4) is 0 Å². The quantitative estimate of drug-likeness (QED) is 0.490. The van der Waals surface area contributed by atoms with E-state index < -0.39 is 29.6 Å². The summed E-state index contributed by atoms with van der Waals surface area (Å²) in [6, 6.07) is 6.46. The summed E-state index contributed by atoms with van der Waals surface area (Å²) >= 11 is 0. The largest absolute Gasteiger partial charge is 0.497 e. The van der Waals surface area contributed by atoms with Gasteiger partial charge >= 0.3 is 0 Å². The molecule has 3 heterocycles. The molecule has 8 nitrogen and oxygen atoms in total. The Labute approximate surface area is 230 Å². The van der Waals surface area contributed by atoms with Gasteiger partial charge in [-0.15, -0.1) is 0 Å². The predicted octanol–water partition coefficient (Wildman–Crippen LogP) is 4.12. The van der Waals surface area contributed by atoms with Crippen LogP contribution < -0.4 is 15.4 Å². The van der Waals surface area contributed by atoms with Crippen LogP contribution in [-0.4, -0.2) is 60.1 Å². The highest BCUT2D eigenvalue weighted by atomic mass is 16.5. The number of carbonyl (C=O) groups excluding carboxylic acids is 3. The Kier molecular flexibility index (Phi) is 7.23. The molecule has 1 aromatic carbocycles. The molecule has 5 aliphatic rings. The number of hydrogen-bond acceptors (Lipinski definition) is 5. The van der Waals surface area contributed by atoms with E-state index in [0.717, 1.165) is 44.9 Å². The fraction of sp³-hybridized carbons (Fsp3) is 0.581. The molecule has 3 fully saturated rings. The number of nitrogens with zero attached hydrogens (tertiary/aromatic N) is 1. The Morgan fingerprint density at radius 1 is 1.08 bits per heavy atom. The van der Waals surface area contributed by atoms with Crippen LogP contribution in [0.15, 0.2) is 48.1 Å². The van der Waals surface area contributed by atoms with E-state index in [9.17, 15) is 14.4 Å². The first-order valence-corrected chi connectivity index (χ1v) is 14.6. The van der Waals surface area contributed by atoms with Crippen molar-refractivity contribution in [2.75, 3.05) is 19.0 Å². The summed E-state index contributed by atoms with van der Waals surface area (Å²) in [4.78, 5) is 43.4. The number of benzene rings is 1.